The SMILES string of the molecule is C=CC.Cc1ccc(-c2c3ccccc3c(-c3cccc(-n4c5ccccc5c5ccccc54)c3)c3ccccc23)cc1. The van der Waals surface area contributed by atoms with Crippen LogP contribution >= 0.6 is 0 Å². The highest BCUT2D eigenvalue weighted by Crippen LogP contribution is 2.44. The Morgan fingerprint density at radius 2 is 0.884 bits per heavy atom. The average Bonchev–Trinajstić information content (AvgIpc) is 3.39. The van der Waals surface area contributed by atoms with Crippen molar-refractivity contribution in [1.29, 1.82) is 0 Å². The number of hydrogen-bond acceptors (Lipinski definition) is 0. The van der Waals surface area contributed by atoms with Crippen LogP contribution in [0.5, 0.6) is 0 Å². The largest absolute Gasteiger partial charge is 0.309 e. The Labute approximate surface area is 253 Å². The molecule has 1 nitrogen and oxygen atoms in total. The van der Waals surface area contributed by atoms with E-state index in [1.54, 1.807) is 6.08 Å². The molecule has 8 aromatic rings. The van der Waals surface area contributed by atoms with Crippen LogP contribution in [0.4, 0.5) is 0 Å². The monoisotopic (exact) mass is 551 g/mol. The number of rotatable bonds is 3. The van der Waals surface area contributed by atoms with Gasteiger partial charge in [-0.25, -0.2) is 0 Å². The van der Waals surface area contributed by atoms with Gasteiger partial charge in [-0.3, -0.25) is 0 Å². The van der Waals surface area contributed by atoms with Crippen LogP contribution in [0.15, 0.2) is 158 Å². The Morgan fingerprint density at radius 3 is 1.37 bits per heavy atom. The van der Waals surface area contributed by atoms with Crippen molar-refractivity contribution in [3.8, 4) is 27.9 Å². The Bertz CT molecular complexity index is 2150. The van der Waals surface area contributed by atoms with Gasteiger partial charge in [0.2, 0.25) is 0 Å². The Kier molecular flexibility index (Phi) is 6.85. The zero-order valence-corrected chi connectivity index (χ0v) is 24.6. The highest BCUT2D eigenvalue weighted by Gasteiger charge is 2.17. The first-order valence-electron chi connectivity index (χ1n) is 14.9. The fourth-order valence-electron chi connectivity index (χ4n) is 6.47. The molecule has 0 fully saturated rings. The van der Waals surface area contributed by atoms with Crippen molar-refractivity contribution < 1.29 is 0 Å². The minimum absolute atomic E-state index is 1.17. The number of aryl methyl sites for hydroxylation is 1. The molecular weight excluding hydrogens is 518 g/mol. The van der Waals surface area contributed by atoms with Crippen molar-refractivity contribution >= 4 is 43.4 Å². The summed E-state index contributed by atoms with van der Waals surface area (Å²) in [5, 5.41) is 7.67. The van der Waals surface area contributed by atoms with Gasteiger partial charge >= 0.3 is 0 Å². The van der Waals surface area contributed by atoms with Crippen molar-refractivity contribution in [3.63, 3.8) is 0 Å². The maximum Gasteiger partial charge on any atom is 0.0541 e. The molecule has 1 aromatic heterocycles. The molecule has 1 heteroatoms. The summed E-state index contributed by atoms with van der Waals surface area (Å²) in [4.78, 5) is 0. The van der Waals surface area contributed by atoms with Gasteiger partial charge in [0.25, 0.3) is 0 Å². The minimum atomic E-state index is 1.17. The van der Waals surface area contributed by atoms with Gasteiger partial charge in [0.05, 0.1) is 11.0 Å². The maximum atomic E-state index is 3.36. The van der Waals surface area contributed by atoms with Gasteiger partial charge < -0.3 is 4.57 Å². The van der Waals surface area contributed by atoms with Gasteiger partial charge in [0, 0.05) is 16.5 Å². The predicted molar refractivity (Wildman–Crippen MR) is 187 cm³/mol. The van der Waals surface area contributed by atoms with Crippen molar-refractivity contribution in [2.45, 2.75) is 13.8 Å². The Balaban J connectivity index is 0.000000963. The smallest absolute Gasteiger partial charge is 0.0541 e. The highest BCUT2D eigenvalue weighted by molar-refractivity contribution is 6.21. The van der Waals surface area contributed by atoms with Crippen molar-refractivity contribution in [1.82, 2.24) is 4.57 Å². The van der Waals surface area contributed by atoms with Gasteiger partial charge in [0.1, 0.15) is 0 Å². The maximum absolute atomic E-state index is 3.36. The van der Waals surface area contributed by atoms with Crippen molar-refractivity contribution in [2.24, 2.45) is 0 Å². The summed E-state index contributed by atoms with van der Waals surface area (Å²) < 4.78 is 2.40. The first kappa shape index (κ1) is 26.5. The number of benzene rings is 7. The molecule has 0 radical (unpaired) electrons. The number of nitrogens with zero attached hydrogens (tertiary/aromatic N) is 1. The molecule has 0 N–H and O–H groups in total. The molecule has 0 atom stereocenters. The van der Waals surface area contributed by atoms with Gasteiger partial charge in [0.15, 0.2) is 0 Å². The normalized spacial score (nSPS) is 11.1. The predicted octanol–water partition coefficient (Wildman–Crippen LogP) is 11.9. The third-order valence-corrected chi connectivity index (χ3v) is 8.24. The second-order valence-corrected chi connectivity index (χ2v) is 11.0. The molecule has 0 saturated carbocycles. The lowest BCUT2D eigenvalue weighted by atomic mass is 9.86. The zero-order valence-electron chi connectivity index (χ0n) is 24.6. The standard InChI is InChI=1S/C39H27N.C3H6/c1-26-21-23-27(24-22-26)38-32-15-2-4-17-34(32)39(35-18-5-3-16-33(35)38)28-11-10-12-29(25-28)40-36-19-8-6-13-30(36)31-14-7-9-20-37(31)40;1-3-2/h2-25H,1H3;3H,1H2,2H3. The lowest BCUT2D eigenvalue weighted by Gasteiger charge is -2.18. The van der Waals surface area contributed by atoms with Gasteiger partial charge in [-0.15, -0.1) is 6.58 Å². The molecule has 7 aromatic carbocycles. The molecule has 0 aliphatic rings. The minimum Gasteiger partial charge on any atom is -0.309 e. The van der Waals surface area contributed by atoms with Crippen LogP contribution in [0.1, 0.15) is 12.5 Å². The molecular formula is C42H33N. The summed E-state index contributed by atoms with van der Waals surface area (Å²) in [6.07, 6.45) is 1.75. The molecule has 8 rings (SSSR count). The summed E-state index contributed by atoms with van der Waals surface area (Å²) in [6, 6.07) is 53.2. The number of fused-ring (bicyclic) bond motifs is 5. The highest BCUT2D eigenvalue weighted by atomic mass is 15.0. The molecule has 0 aliphatic heterocycles. The summed E-state index contributed by atoms with van der Waals surface area (Å²) in [5.41, 5.74) is 9.96. The molecule has 0 amide bonds. The third kappa shape index (κ3) is 4.51. The topological polar surface area (TPSA) is 4.93 Å². The molecule has 0 spiro atoms. The molecule has 1 heterocycles. The second-order valence-electron chi connectivity index (χ2n) is 11.0. The second kappa shape index (κ2) is 11.1. The van der Waals surface area contributed by atoms with Crippen LogP contribution < -0.4 is 0 Å². The molecule has 206 valence electrons. The van der Waals surface area contributed by atoms with Crippen LogP contribution in [0, 0.1) is 6.92 Å². The number of hydrogen-bond donors (Lipinski definition) is 0. The summed E-state index contributed by atoms with van der Waals surface area (Å²) in [7, 11) is 0. The summed E-state index contributed by atoms with van der Waals surface area (Å²) in [6.45, 7) is 7.40. The Hall–Kier alpha value is -5.40. The molecule has 0 unspecified atom stereocenters. The van der Waals surface area contributed by atoms with Gasteiger partial charge in [-0.05, 0) is 81.9 Å². The van der Waals surface area contributed by atoms with E-state index in [-0.39, 0.29) is 0 Å². The summed E-state index contributed by atoms with van der Waals surface area (Å²) >= 11 is 0. The molecule has 43 heavy (non-hydrogen) atoms. The number of allylic oxidation sites excluding steroid dienone is 1. The average molecular weight is 552 g/mol. The number of para-hydroxylation sites is 2. The third-order valence-electron chi connectivity index (χ3n) is 8.24. The Morgan fingerprint density at radius 1 is 0.465 bits per heavy atom. The van der Waals surface area contributed by atoms with Gasteiger partial charge in [-0.2, -0.15) is 0 Å². The van der Waals surface area contributed by atoms with Crippen LogP contribution in [0.25, 0.3) is 71.3 Å². The molecule has 0 bridgehead atoms. The first-order valence-corrected chi connectivity index (χ1v) is 14.9. The van der Waals surface area contributed by atoms with Crippen molar-refractivity contribution in [2.75, 3.05) is 0 Å². The van der Waals surface area contributed by atoms with E-state index in [9.17, 15) is 0 Å². The van der Waals surface area contributed by atoms with Gasteiger partial charge in [-0.1, -0.05) is 133 Å². The van der Waals surface area contributed by atoms with Crippen molar-refractivity contribution in [3.05, 3.63) is 164 Å². The molecule has 0 aliphatic carbocycles. The van der Waals surface area contributed by atoms with Crippen LogP contribution in [0.3, 0.4) is 0 Å². The van der Waals surface area contributed by atoms with E-state index >= 15 is 0 Å². The first-order chi connectivity index (χ1) is 21.2. The quantitative estimate of drug-likeness (QED) is 0.152. The van der Waals surface area contributed by atoms with Crippen LogP contribution in [0.2, 0.25) is 0 Å². The van der Waals surface area contributed by atoms with Crippen LogP contribution in [-0.4, -0.2) is 4.57 Å². The fourth-order valence-corrected chi connectivity index (χ4v) is 6.47. The fraction of sp³-hybridized carbons (Fsp3) is 0.0476. The van der Waals surface area contributed by atoms with E-state index in [0.717, 1.165) is 0 Å². The van der Waals surface area contributed by atoms with E-state index in [0.29, 0.717) is 0 Å². The van der Waals surface area contributed by atoms with Crippen LogP contribution in [-0.2, 0) is 0 Å². The van der Waals surface area contributed by atoms with E-state index in [4.69, 9.17) is 0 Å². The van der Waals surface area contributed by atoms with E-state index in [1.165, 1.54) is 76.9 Å². The van der Waals surface area contributed by atoms with E-state index in [1.807, 2.05) is 6.92 Å². The number of aromatic nitrogens is 1. The lowest BCUT2D eigenvalue weighted by Crippen LogP contribution is -1.95. The summed E-state index contributed by atoms with van der Waals surface area (Å²) in [5.74, 6) is 0. The van der Waals surface area contributed by atoms with E-state index < -0.39 is 0 Å². The molecule has 0 saturated heterocycles. The lowest BCUT2D eigenvalue weighted by molar-refractivity contribution is 1.18. The zero-order chi connectivity index (χ0) is 29.3. The van der Waals surface area contributed by atoms with E-state index in [2.05, 4.69) is 164 Å².